The fraction of sp³-hybridized carbons (Fsp3) is 0.350. The summed E-state index contributed by atoms with van der Waals surface area (Å²) in [6, 6.07) is 17.3. The zero-order valence-corrected chi connectivity index (χ0v) is 14.5. The lowest BCUT2D eigenvalue weighted by molar-refractivity contribution is 0.126. The Kier molecular flexibility index (Phi) is 5.99. The van der Waals surface area contributed by atoms with Gasteiger partial charge < -0.3 is 15.2 Å². The average molecular weight is 327 g/mol. The van der Waals surface area contributed by atoms with Gasteiger partial charge in [-0.15, -0.1) is 0 Å². The normalized spacial score (nSPS) is 12.5. The highest BCUT2D eigenvalue weighted by Gasteiger charge is 2.15. The number of aliphatic hydroxyl groups is 1. The van der Waals surface area contributed by atoms with Crippen LogP contribution in [0, 0.1) is 0 Å². The molecule has 0 fully saturated rings. The monoisotopic (exact) mass is 327 g/mol. The summed E-state index contributed by atoms with van der Waals surface area (Å²) in [5, 5.41) is 12.8. The van der Waals surface area contributed by atoms with Gasteiger partial charge in [0.05, 0.1) is 12.6 Å². The van der Waals surface area contributed by atoms with Gasteiger partial charge in [0.1, 0.15) is 6.61 Å². The number of carbonyl (C=O) groups is 1. The fourth-order valence-corrected chi connectivity index (χ4v) is 2.28. The number of amides is 1. The molecule has 1 unspecified atom stereocenters. The molecule has 0 bridgehead atoms. The van der Waals surface area contributed by atoms with Crippen molar-refractivity contribution in [2.24, 2.45) is 0 Å². The first kappa shape index (κ1) is 18.0. The molecule has 4 heteroatoms. The first-order valence-electron chi connectivity index (χ1n) is 8.09. The number of hydrogen-bond acceptors (Lipinski definition) is 3. The first-order chi connectivity index (χ1) is 11.4. The van der Waals surface area contributed by atoms with Gasteiger partial charge in [-0.2, -0.15) is 0 Å². The molecule has 24 heavy (non-hydrogen) atoms. The lowest BCUT2D eigenvalue weighted by Crippen LogP contribution is -2.29. The number of ether oxygens (including phenoxy) is 1. The molecule has 2 aromatic rings. The topological polar surface area (TPSA) is 58.6 Å². The second-order valence-corrected chi connectivity index (χ2v) is 6.83. The molecule has 4 nitrogen and oxygen atoms in total. The summed E-state index contributed by atoms with van der Waals surface area (Å²) in [6.07, 6.45) is -1.30. The van der Waals surface area contributed by atoms with Crippen LogP contribution in [-0.2, 0) is 16.8 Å². The average Bonchev–Trinajstić information content (AvgIpc) is 2.58. The Morgan fingerprint density at radius 2 is 1.71 bits per heavy atom. The summed E-state index contributed by atoms with van der Waals surface area (Å²) in [4.78, 5) is 11.7. The van der Waals surface area contributed by atoms with Gasteiger partial charge in [-0.25, -0.2) is 4.79 Å². The van der Waals surface area contributed by atoms with E-state index < -0.39 is 12.2 Å². The van der Waals surface area contributed by atoms with Gasteiger partial charge in [-0.3, -0.25) is 0 Å². The van der Waals surface area contributed by atoms with Gasteiger partial charge >= 0.3 is 6.09 Å². The van der Waals surface area contributed by atoms with Crippen molar-refractivity contribution in [3.8, 4) is 0 Å². The quantitative estimate of drug-likeness (QED) is 0.874. The molecule has 2 N–H and O–H groups in total. The van der Waals surface area contributed by atoms with Gasteiger partial charge in [0.15, 0.2) is 0 Å². The van der Waals surface area contributed by atoms with Gasteiger partial charge in [-0.1, -0.05) is 75.4 Å². The molecule has 1 amide bonds. The minimum atomic E-state index is -0.761. The Balaban J connectivity index is 1.80. The molecule has 0 spiro atoms. The van der Waals surface area contributed by atoms with Crippen molar-refractivity contribution < 1.29 is 14.6 Å². The van der Waals surface area contributed by atoms with Gasteiger partial charge in [0.25, 0.3) is 0 Å². The minimum Gasteiger partial charge on any atom is -0.445 e. The van der Waals surface area contributed by atoms with E-state index >= 15 is 0 Å². The van der Waals surface area contributed by atoms with E-state index in [0.717, 1.165) is 11.1 Å². The van der Waals surface area contributed by atoms with Crippen molar-refractivity contribution in [3.05, 3.63) is 71.3 Å². The van der Waals surface area contributed by atoms with Crippen LogP contribution in [0.25, 0.3) is 0 Å². The lowest BCUT2D eigenvalue weighted by Gasteiger charge is -2.20. The highest BCUT2D eigenvalue weighted by atomic mass is 16.5. The van der Waals surface area contributed by atoms with Crippen LogP contribution in [0.1, 0.15) is 43.6 Å². The molecular formula is C20H25NO3. The van der Waals surface area contributed by atoms with E-state index in [-0.39, 0.29) is 18.6 Å². The molecule has 2 aromatic carbocycles. The van der Waals surface area contributed by atoms with E-state index in [0.29, 0.717) is 0 Å². The summed E-state index contributed by atoms with van der Waals surface area (Å²) in [5.74, 6) is 0. The number of nitrogens with one attached hydrogen (secondary N) is 1. The minimum absolute atomic E-state index is 0.0724. The Bertz CT molecular complexity index is 645. The van der Waals surface area contributed by atoms with Gasteiger partial charge in [0, 0.05) is 0 Å². The molecule has 0 aliphatic rings. The smallest absolute Gasteiger partial charge is 0.407 e. The standard InChI is InChI=1S/C20H25NO3/c1-20(2,3)17-11-9-16(10-12-17)18(22)13-21-19(23)24-14-15-7-5-4-6-8-15/h4-12,18,22H,13-14H2,1-3H3,(H,21,23). The number of rotatable bonds is 5. The third kappa shape index (κ3) is 5.39. The van der Waals surface area contributed by atoms with Crippen molar-refractivity contribution in [1.82, 2.24) is 5.32 Å². The highest BCUT2D eigenvalue weighted by molar-refractivity contribution is 5.67. The molecule has 0 aromatic heterocycles. The van der Waals surface area contributed by atoms with E-state index in [1.54, 1.807) is 0 Å². The maximum Gasteiger partial charge on any atom is 0.407 e. The number of hydrogen-bond donors (Lipinski definition) is 2. The third-order valence-corrected chi connectivity index (χ3v) is 3.81. The second kappa shape index (κ2) is 7.97. The van der Waals surface area contributed by atoms with E-state index in [9.17, 15) is 9.90 Å². The van der Waals surface area contributed by atoms with Crippen LogP contribution in [0.4, 0.5) is 4.79 Å². The molecule has 0 aliphatic carbocycles. The molecule has 0 aliphatic heterocycles. The van der Waals surface area contributed by atoms with E-state index in [1.165, 1.54) is 5.56 Å². The zero-order chi connectivity index (χ0) is 17.6. The fourth-order valence-electron chi connectivity index (χ4n) is 2.28. The summed E-state index contributed by atoms with van der Waals surface area (Å²) < 4.78 is 5.12. The summed E-state index contributed by atoms with van der Waals surface area (Å²) in [5.41, 5.74) is 2.97. The van der Waals surface area contributed by atoms with Crippen LogP contribution < -0.4 is 5.32 Å². The predicted molar refractivity (Wildman–Crippen MR) is 94.7 cm³/mol. The van der Waals surface area contributed by atoms with Crippen LogP contribution in [0.5, 0.6) is 0 Å². The SMILES string of the molecule is CC(C)(C)c1ccc(C(O)CNC(=O)OCc2ccccc2)cc1. The molecule has 0 radical (unpaired) electrons. The summed E-state index contributed by atoms with van der Waals surface area (Å²) in [7, 11) is 0. The highest BCUT2D eigenvalue weighted by Crippen LogP contribution is 2.23. The number of benzene rings is 2. The van der Waals surface area contributed by atoms with Crippen LogP contribution in [0.2, 0.25) is 0 Å². The van der Waals surface area contributed by atoms with Crippen LogP contribution in [0.3, 0.4) is 0 Å². The third-order valence-electron chi connectivity index (χ3n) is 3.81. The number of aliphatic hydroxyl groups excluding tert-OH is 1. The van der Waals surface area contributed by atoms with Crippen LogP contribution in [0.15, 0.2) is 54.6 Å². The number of carbonyl (C=O) groups excluding carboxylic acids is 1. The zero-order valence-electron chi connectivity index (χ0n) is 14.5. The van der Waals surface area contributed by atoms with Crippen molar-refractivity contribution in [2.75, 3.05) is 6.54 Å². The molecule has 0 saturated heterocycles. The van der Waals surface area contributed by atoms with E-state index in [1.807, 2.05) is 54.6 Å². The lowest BCUT2D eigenvalue weighted by atomic mass is 9.86. The van der Waals surface area contributed by atoms with Gasteiger partial charge in [-0.05, 0) is 22.1 Å². The Morgan fingerprint density at radius 1 is 1.08 bits per heavy atom. The van der Waals surface area contributed by atoms with Crippen LogP contribution in [-0.4, -0.2) is 17.7 Å². The van der Waals surface area contributed by atoms with Crippen molar-refractivity contribution in [2.45, 2.75) is 38.9 Å². The van der Waals surface area contributed by atoms with Crippen molar-refractivity contribution in [1.29, 1.82) is 0 Å². The molecule has 1 atom stereocenters. The molecule has 0 saturated carbocycles. The largest absolute Gasteiger partial charge is 0.445 e. The molecule has 0 heterocycles. The predicted octanol–water partition coefficient (Wildman–Crippen LogP) is 3.94. The van der Waals surface area contributed by atoms with E-state index in [4.69, 9.17) is 4.74 Å². The molecular weight excluding hydrogens is 302 g/mol. The van der Waals surface area contributed by atoms with Gasteiger partial charge in [0.2, 0.25) is 0 Å². The maximum atomic E-state index is 11.7. The molecule has 2 rings (SSSR count). The maximum absolute atomic E-state index is 11.7. The first-order valence-corrected chi connectivity index (χ1v) is 8.09. The Morgan fingerprint density at radius 3 is 2.29 bits per heavy atom. The Labute approximate surface area is 143 Å². The molecule has 128 valence electrons. The second-order valence-electron chi connectivity index (χ2n) is 6.83. The van der Waals surface area contributed by atoms with E-state index in [2.05, 4.69) is 26.1 Å². The van der Waals surface area contributed by atoms with Crippen molar-refractivity contribution in [3.63, 3.8) is 0 Å². The van der Waals surface area contributed by atoms with Crippen molar-refractivity contribution >= 4 is 6.09 Å². The van der Waals surface area contributed by atoms with Crippen LogP contribution >= 0.6 is 0 Å². The summed E-state index contributed by atoms with van der Waals surface area (Å²) >= 11 is 0. The Hall–Kier alpha value is -2.33. The number of alkyl carbamates (subject to hydrolysis) is 1. The summed E-state index contributed by atoms with van der Waals surface area (Å²) in [6.45, 7) is 6.75.